The number of anilines is 1. The summed E-state index contributed by atoms with van der Waals surface area (Å²) < 4.78 is 10.6. The third kappa shape index (κ3) is 3.52. The Morgan fingerprint density at radius 1 is 1.11 bits per heavy atom. The molecule has 0 radical (unpaired) electrons. The SMILES string of the molecule is COc1ccc(OC)c(NC(=O)c2cc3c(s2)-c2ccc(Cl)cc2SC3)c1. The van der Waals surface area contributed by atoms with Gasteiger partial charge in [0, 0.05) is 32.2 Å². The lowest BCUT2D eigenvalue weighted by Crippen LogP contribution is -2.11. The quantitative estimate of drug-likeness (QED) is 0.570. The average Bonchev–Trinajstić information content (AvgIpc) is 3.12. The van der Waals surface area contributed by atoms with E-state index in [9.17, 15) is 4.79 Å². The Labute approximate surface area is 170 Å². The highest BCUT2D eigenvalue weighted by molar-refractivity contribution is 7.98. The standard InChI is InChI=1S/C20H16ClNO3S2/c1-24-13-4-6-16(25-2)15(9-13)22-20(23)18-7-11-10-26-17-8-12(21)3-5-14(17)19(11)27-18/h3-9H,10H2,1-2H3,(H,22,23). The zero-order valence-electron chi connectivity index (χ0n) is 14.7. The van der Waals surface area contributed by atoms with Crippen LogP contribution in [0.2, 0.25) is 5.02 Å². The largest absolute Gasteiger partial charge is 0.497 e. The van der Waals surface area contributed by atoms with E-state index >= 15 is 0 Å². The molecule has 3 aromatic rings. The Kier molecular flexibility index (Phi) is 5.04. The molecule has 27 heavy (non-hydrogen) atoms. The maximum absolute atomic E-state index is 12.8. The zero-order valence-corrected chi connectivity index (χ0v) is 17.1. The molecule has 2 heterocycles. The molecule has 1 N–H and O–H groups in total. The van der Waals surface area contributed by atoms with Crippen molar-refractivity contribution >= 4 is 46.3 Å². The minimum absolute atomic E-state index is 0.165. The van der Waals surface area contributed by atoms with E-state index in [0.29, 0.717) is 22.1 Å². The summed E-state index contributed by atoms with van der Waals surface area (Å²) in [7, 11) is 3.16. The van der Waals surface area contributed by atoms with Crippen molar-refractivity contribution in [1.82, 2.24) is 0 Å². The van der Waals surface area contributed by atoms with Gasteiger partial charge < -0.3 is 14.8 Å². The van der Waals surface area contributed by atoms with Crippen LogP contribution in [0.5, 0.6) is 11.5 Å². The van der Waals surface area contributed by atoms with E-state index in [4.69, 9.17) is 21.1 Å². The predicted octanol–water partition coefficient (Wildman–Crippen LogP) is 5.94. The summed E-state index contributed by atoms with van der Waals surface area (Å²) >= 11 is 9.34. The first-order chi connectivity index (χ1) is 13.1. The highest BCUT2D eigenvalue weighted by Crippen LogP contribution is 2.46. The summed E-state index contributed by atoms with van der Waals surface area (Å²) in [5, 5.41) is 3.66. The Hall–Kier alpha value is -2.15. The maximum Gasteiger partial charge on any atom is 0.265 e. The van der Waals surface area contributed by atoms with E-state index in [1.165, 1.54) is 16.9 Å². The first kappa shape index (κ1) is 18.2. The minimum atomic E-state index is -0.165. The summed E-state index contributed by atoms with van der Waals surface area (Å²) in [6.07, 6.45) is 0. The van der Waals surface area contributed by atoms with Gasteiger partial charge in [-0.15, -0.1) is 23.1 Å². The van der Waals surface area contributed by atoms with Gasteiger partial charge in [0.2, 0.25) is 0 Å². The molecule has 0 saturated heterocycles. The summed E-state index contributed by atoms with van der Waals surface area (Å²) in [6, 6.07) is 13.2. The van der Waals surface area contributed by atoms with Crippen LogP contribution in [0.3, 0.4) is 0 Å². The topological polar surface area (TPSA) is 47.6 Å². The van der Waals surface area contributed by atoms with Crippen molar-refractivity contribution in [1.29, 1.82) is 0 Å². The molecule has 0 saturated carbocycles. The number of thioether (sulfide) groups is 1. The lowest BCUT2D eigenvalue weighted by atomic mass is 10.1. The van der Waals surface area contributed by atoms with E-state index < -0.39 is 0 Å². The number of amides is 1. The molecule has 1 aromatic heterocycles. The summed E-state index contributed by atoms with van der Waals surface area (Å²) in [4.78, 5) is 15.8. The molecule has 0 spiro atoms. The third-order valence-corrected chi connectivity index (χ3v) is 6.81. The van der Waals surface area contributed by atoms with Crippen molar-refractivity contribution in [2.45, 2.75) is 10.6 Å². The monoisotopic (exact) mass is 417 g/mol. The molecule has 0 atom stereocenters. The minimum Gasteiger partial charge on any atom is -0.497 e. The van der Waals surface area contributed by atoms with E-state index in [1.807, 2.05) is 24.3 Å². The van der Waals surface area contributed by atoms with Gasteiger partial charge in [0.15, 0.2) is 0 Å². The molecule has 138 valence electrons. The number of nitrogens with one attached hydrogen (secondary N) is 1. The van der Waals surface area contributed by atoms with Crippen LogP contribution >= 0.6 is 34.7 Å². The lowest BCUT2D eigenvalue weighted by molar-refractivity contribution is 0.103. The maximum atomic E-state index is 12.8. The number of halogens is 1. The molecular formula is C20H16ClNO3S2. The van der Waals surface area contributed by atoms with Crippen molar-refractivity contribution in [2.24, 2.45) is 0 Å². The van der Waals surface area contributed by atoms with Gasteiger partial charge in [-0.1, -0.05) is 17.7 Å². The molecule has 2 aromatic carbocycles. The summed E-state index contributed by atoms with van der Waals surface area (Å²) in [5.74, 6) is 1.90. The molecule has 4 nitrogen and oxygen atoms in total. The second kappa shape index (κ2) is 7.46. The lowest BCUT2D eigenvalue weighted by Gasteiger charge is -2.15. The van der Waals surface area contributed by atoms with Crippen LogP contribution in [0.25, 0.3) is 10.4 Å². The van der Waals surface area contributed by atoms with Crippen molar-refractivity contribution in [3.8, 4) is 21.9 Å². The highest BCUT2D eigenvalue weighted by Gasteiger charge is 2.23. The number of hydrogen-bond acceptors (Lipinski definition) is 5. The number of carbonyl (C=O) groups excluding carboxylic acids is 1. The van der Waals surface area contributed by atoms with Crippen molar-refractivity contribution in [2.75, 3.05) is 19.5 Å². The van der Waals surface area contributed by atoms with Gasteiger partial charge >= 0.3 is 0 Å². The molecule has 0 unspecified atom stereocenters. The molecule has 0 bridgehead atoms. The second-order valence-electron chi connectivity index (χ2n) is 5.91. The number of fused-ring (bicyclic) bond motifs is 3. The van der Waals surface area contributed by atoms with Gasteiger partial charge in [0.1, 0.15) is 11.5 Å². The molecule has 7 heteroatoms. The van der Waals surface area contributed by atoms with E-state index in [-0.39, 0.29) is 5.91 Å². The van der Waals surface area contributed by atoms with Crippen LogP contribution in [0.1, 0.15) is 15.2 Å². The molecular weight excluding hydrogens is 402 g/mol. The number of hydrogen-bond donors (Lipinski definition) is 1. The zero-order chi connectivity index (χ0) is 19.0. The fourth-order valence-corrected chi connectivity index (χ4v) is 5.51. The highest BCUT2D eigenvalue weighted by atomic mass is 35.5. The van der Waals surface area contributed by atoms with Gasteiger partial charge in [-0.25, -0.2) is 0 Å². The van der Waals surface area contributed by atoms with Gasteiger partial charge in [0.25, 0.3) is 5.91 Å². The van der Waals surface area contributed by atoms with Gasteiger partial charge in [0.05, 0.1) is 24.8 Å². The van der Waals surface area contributed by atoms with E-state index in [2.05, 4.69) is 5.32 Å². The predicted molar refractivity (Wildman–Crippen MR) is 112 cm³/mol. The molecule has 0 aliphatic carbocycles. The van der Waals surface area contributed by atoms with Crippen LogP contribution in [-0.4, -0.2) is 20.1 Å². The van der Waals surface area contributed by atoms with E-state index in [0.717, 1.165) is 26.1 Å². The Bertz CT molecular complexity index is 1030. The number of ether oxygens (including phenoxy) is 2. The number of thiophene rings is 1. The number of carbonyl (C=O) groups is 1. The average molecular weight is 418 g/mol. The van der Waals surface area contributed by atoms with Crippen molar-refractivity contribution < 1.29 is 14.3 Å². The van der Waals surface area contributed by atoms with Crippen molar-refractivity contribution in [3.63, 3.8) is 0 Å². The Morgan fingerprint density at radius 3 is 2.74 bits per heavy atom. The van der Waals surface area contributed by atoms with E-state index in [1.54, 1.807) is 44.2 Å². The first-order valence-corrected chi connectivity index (χ1v) is 10.4. The fraction of sp³-hybridized carbons (Fsp3) is 0.150. The fourth-order valence-electron chi connectivity index (χ4n) is 2.93. The molecule has 1 aliphatic heterocycles. The molecule has 0 fully saturated rings. The van der Waals surface area contributed by atoms with Crippen LogP contribution < -0.4 is 14.8 Å². The number of rotatable bonds is 4. The second-order valence-corrected chi connectivity index (χ2v) is 8.42. The summed E-state index contributed by atoms with van der Waals surface area (Å²) in [6.45, 7) is 0. The Balaban J connectivity index is 1.64. The third-order valence-electron chi connectivity index (χ3n) is 4.26. The Morgan fingerprint density at radius 2 is 1.96 bits per heavy atom. The molecule has 4 rings (SSSR count). The van der Waals surface area contributed by atoms with Gasteiger partial charge in [-0.3, -0.25) is 4.79 Å². The van der Waals surface area contributed by atoms with Gasteiger partial charge in [-0.05, 0) is 35.9 Å². The van der Waals surface area contributed by atoms with Crippen LogP contribution in [0.15, 0.2) is 47.4 Å². The van der Waals surface area contributed by atoms with Gasteiger partial charge in [-0.2, -0.15) is 0 Å². The molecule has 1 amide bonds. The van der Waals surface area contributed by atoms with Crippen LogP contribution in [0, 0.1) is 0 Å². The first-order valence-electron chi connectivity index (χ1n) is 8.18. The van der Waals surface area contributed by atoms with Crippen LogP contribution in [0.4, 0.5) is 5.69 Å². The van der Waals surface area contributed by atoms with Crippen molar-refractivity contribution in [3.05, 3.63) is 57.9 Å². The smallest absolute Gasteiger partial charge is 0.265 e. The summed E-state index contributed by atoms with van der Waals surface area (Å²) in [5.41, 5.74) is 2.88. The molecule has 1 aliphatic rings. The van der Waals surface area contributed by atoms with Crippen LogP contribution in [-0.2, 0) is 5.75 Å². The normalized spacial score (nSPS) is 12.1. The number of benzene rings is 2. The number of methoxy groups -OCH3 is 2.